The summed E-state index contributed by atoms with van der Waals surface area (Å²) in [5.41, 5.74) is 2.24. The quantitative estimate of drug-likeness (QED) is 0.646. The van der Waals surface area contributed by atoms with Crippen molar-refractivity contribution >= 4 is 5.69 Å². The lowest BCUT2D eigenvalue weighted by Crippen LogP contribution is -2.11. The standard InChI is InChI=1S/C11H7F6N3/c12-10(13,14)7-3-6(18)1-2-8(7)20-4-9(19-5-20)11(15,16)17/h1-5H,18H2. The monoisotopic (exact) mass is 295 g/mol. The van der Waals surface area contributed by atoms with Crippen molar-refractivity contribution in [1.82, 2.24) is 9.55 Å². The van der Waals surface area contributed by atoms with E-state index >= 15 is 0 Å². The Labute approximate surface area is 108 Å². The molecule has 0 aliphatic heterocycles. The number of aromatic nitrogens is 2. The van der Waals surface area contributed by atoms with E-state index in [0.717, 1.165) is 12.1 Å². The van der Waals surface area contributed by atoms with Crippen LogP contribution in [0.1, 0.15) is 11.3 Å². The van der Waals surface area contributed by atoms with E-state index in [0.29, 0.717) is 23.2 Å². The van der Waals surface area contributed by atoms with Gasteiger partial charge in [-0.05, 0) is 18.2 Å². The molecule has 0 bridgehead atoms. The summed E-state index contributed by atoms with van der Waals surface area (Å²) in [6, 6.07) is 2.81. The van der Waals surface area contributed by atoms with Crippen molar-refractivity contribution in [2.24, 2.45) is 0 Å². The smallest absolute Gasteiger partial charge is 0.399 e. The highest BCUT2D eigenvalue weighted by molar-refractivity contribution is 5.53. The van der Waals surface area contributed by atoms with Crippen molar-refractivity contribution in [2.75, 3.05) is 5.73 Å². The van der Waals surface area contributed by atoms with Crippen molar-refractivity contribution < 1.29 is 26.3 Å². The molecular weight excluding hydrogens is 288 g/mol. The van der Waals surface area contributed by atoms with E-state index in [1.165, 1.54) is 0 Å². The van der Waals surface area contributed by atoms with E-state index in [2.05, 4.69) is 4.98 Å². The Morgan fingerprint density at radius 3 is 2.15 bits per heavy atom. The minimum atomic E-state index is -4.74. The molecule has 20 heavy (non-hydrogen) atoms. The topological polar surface area (TPSA) is 43.8 Å². The van der Waals surface area contributed by atoms with Gasteiger partial charge in [0.25, 0.3) is 0 Å². The molecule has 0 fully saturated rings. The summed E-state index contributed by atoms with van der Waals surface area (Å²) in [5.74, 6) is 0. The van der Waals surface area contributed by atoms with Gasteiger partial charge in [0.2, 0.25) is 0 Å². The van der Waals surface area contributed by atoms with Crippen LogP contribution < -0.4 is 5.73 Å². The van der Waals surface area contributed by atoms with Gasteiger partial charge in [-0.1, -0.05) is 0 Å². The van der Waals surface area contributed by atoms with Gasteiger partial charge in [-0.15, -0.1) is 0 Å². The third-order valence-electron chi connectivity index (χ3n) is 2.48. The normalized spacial score (nSPS) is 12.7. The molecule has 0 aliphatic rings. The summed E-state index contributed by atoms with van der Waals surface area (Å²) >= 11 is 0. The lowest BCUT2D eigenvalue weighted by molar-refractivity contribution is -0.140. The molecule has 0 amide bonds. The van der Waals surface area contributed by atoms with Crippen LogP contribution >= 0.6 is 0 Å². The second-order valence-corrected chi connectivity index (χ2v) is 3.94. The molecule has 0 radical (unpaired) electrons. The van der Waals surface area contributed by atoms with Crippen LogP contribution in [0.15, 0.2) is 30.7 Å². The van der Waals surface area contributed by atoms with Gasteiger partial charge in [-0.2, -0.15) is 26.3 Å². The van der Waals surface area contributed by atoms with Crippen molar-refractivity contribution in [3.63, 3.8) is 0 Å². The van der Waals surface area contributed by atoms with E-state index in [1.807, 2.05) is 0 Å². The van der Waals surface area contributed by atoms with Crippen LogP contribution in [0.25, 0.3) is 5.69 Å². The first-order valence-electron chi connectivity index (χ1n) is 5.17. The highest BCUT2D eigenvalue weighted by Crippen LogP contribution is 2.36. The highest BCUT2D eigenvalue weighted by Gasteiger charge is 2.36. The van der Waals surface area contributed by atoms with Gasteiger partial charge in [-0.25, -0.2) is 4.98 Å². The Kier molecular flexibility index (Phi) is 3.15. The third-order valence-corrected chi connectivity index (χ3v) is 2.48. The second-order valence-electron chi connectivity index (χ2n) is 3.94. The molecule has 1 aromatic heterocycles. The summed E-state index contributed by atoms with van der Waals surface area (Å²) < 4.78 is 76.4. The summed E-state index contributed by atoms with van der Waals surface area (Å²) in [4.78, 5) is 3.05. The van der Waals surface area contributed by atoms with Crippen LogP contribution in [0.4, 0.5) is 32.0 Å². The summed E-state index contributed by atoms with van der Waals surface area (Å²) in [7, 11) is 0. The zero-order chi connectivity index (χ0) is 15.1. The van der Waals surface area contributed by atoms with Crippen LogP contribution in [0.2, 0.25) is 0 Å². The third kappa shape index (κ3) is 2.70. The fraction of sp³-hybridized carbons (Fsp3) is 0.182. The summed E-state index contributed by atoms with van der Waals surface area (Å²) in [6.07, 6.45) is -8.31. The number of nitrogens with two attached hydrogens (primary N) is 1. The first-order valence-corrected chi connectivity index (χ1v) is 5.17. The van der Waals surface area contributed by atoms with Crippen LogP contribution in [0, 0.1) is 0 Å². The minimum absolute atomic E-state index is 0.141. The van der Waals surface area contributed by atoms with Crippen molar-refractivity contribution in [3.8, 4) is 5.69 Å². The van der Waals surface area contributed by atoms with Gasteiger partial charge < -0.3 is 10.3 Å². The molecule has 0 spiro atoms. The van der Waals surface area contributed by atoms with Gasteiger partial charge in [0.05, 0.1) is 17.6 Å². The number of anilines is 1. The minimum Gasteiger partial charge on any atom is -0.399 e. The Balaban J connectivity index is 2.56. The van der Waals surface area contributed by atoms with Crippen LogP contribution in [0.5, 0.6) is 0 Å². The lowest BCUT2D eigenvalue weighted by atomic mass is 10.1. The molecule has 9 heteroatoms. The molecule has 0 saturated heterocycles. The van der Waals surface area contributed by atoms with Gasteiger partial charge in [0, 0.05) is 11.9 Å². The van der Waals surface area contributed by atoms with Crippen LogP contribution in [0.3, 0.4) is 0 Å². The van der Waals surface area contributed by atoms with E-state index in [4.69, 9.17) is 5.73 Å². The average molecular weight is 295 g/mol. The van der Waals surface area contributed by atoms with Crippen molar-refractivity contribution in [2.45, 2.75) is 12.4 Å². The number of alkyl halides is 6. The van der Waals surface area contributed by atoms with Gasteiger partial charge in [0.15, 0.2) is 5.69 Å². The molecule has 0 aliphatic carbocycles. The molecule has 1 aromatic carbocycles. The predicted molar refractivity (Wildman–Crippen MR) is 58.0 cm³/mol. The number of nitrogen functional groups attached to an aromatic ring is 1. The molecule has 2 rings (SSSR count). The predicted octanol–water partition coefficient (Wildman–Crippen LogP) is 3.49. The Morgan fingerprint density at radius 2 is 1.65 bits per heavy atom. The maximum atomic E-state index is 12.8. The largest absolute Gasteiger partial charge is 0.434 e. The summed E-state index contributed by atoms with van der Waals surface area (Å²) in [5, 5.41) is 0. The van der Waals surface area contributed by atoms with Crippen molar-refractivity contribution in [3.05, 3.63) is 42.0 Å². The fourth-order valence-corrected chi connectivity index (χ4v) is 1.61. The van der Waals surface area contributed by atoms with Gasteiger partial charge in [0.1, 0.15) is 0 Å². The van der Waals surface area contributed by atoms with E-state index in [-0.39, 0.29) is 5.69 Å². The molecular formula is C11H7F6N3. The molecule has 1 heterocycles. The molecule has 0 saturated carbocycles. The molecule has 3 nitrogen and oxygen atoms in total. The van der Waals surface area contributed by atoms with Crippen molar-refractivity contribution in [1.29, 1.82) is 0 Å². The van der Waals surface area contributed by atoms with Crippen LogP contribution in [-0.2, 0) is 12.4 Å². The maximum Gasteiger partial charge on any atom is 0.434 e. The Hall–Kier alpha value is -2.19. The SMILES string of the molecule is Nc1ccc(-n2cnc(C(F)(F)F)c2)c(C(F)(F)F)c1. The number of hydrogen-bond acceptors (Lipinski definition) is 2. The number of imidazole rings is 1. The number of rotatable bonds is 1. The Bertz CT molecular complexity index is 626. The second kappa shape index (κ2) is 4.43. The molecule has 2 aromatic rings. The Morgan fingerprint density at radius 1 is 1.00 bits per heavy atom. The van der Waals surface area contributed by atoms with Gasteiger partial charge in [-0.3, -0.25) is 0 Å². The zero-order valence-corrected chi connectivity index (χ0v) is 9.63. The molecule has 108 valence electrons. The first-order chi connectivity index (χ1) is 9.09. The molecule has 0 unspecified atom stereocenters. The fourth-order valence-electron chi connectivity index (χ4n) is 1.61. The van der Waals surface area contributed by atoms with Crippen LogP contribution in [-0.4, -0.2) is 9.55 Å². The molecule has 2 N–H and O–H groups in total. The average Bonchev–Trinajstić information content (AvgIpc) is 2.76. The maximum absolute atomic E-state index is 12.8. The van der Waals surface area contributed by atoms with Gasteiger partial charge >= 0.3 is 12.4 Å². The zero-order valence-electron chi connectivity index (χ0n) is 9.63. The number of hydrogen-bond donors (Lipinski definition) is 1. The first kappa shape index (κ1) is 14.2. The lowest BCUT2D eigenvalue weighted by Gasteiger charge is -2.13. The number of nitrogens with zero attached hydrogens (tertiary/aromatic N) is 2. The molecule has 0 atom stereocenters. The summed E-state index contributed by atoms with van der Waals surface area (Å²) in [6.45, 7) is 0. The van der Waals surface area contributed by atoms with E-state index in [1.54, 1.807) is 0 Å². The number of halogens is 6. The number of benzene rings is 1. The van der Waals surface area contributed by atoms with E-state index < -0.39 is 29.3 Å². The van der Waals surface area contributed by atoms with E-state index in [9.17, 15) is 26.3 Å². The highest BCUT2D eigenvalue weighted by atomic mass is 19.4.